The van der Waals surface area contributed by atoms with Gasteiger partial charge in [0.2, 0.25) is 0 Å². The molecule has 1 unspecified atom stereocenters. The fourth-order valence-electron chi connectivity index (χ4n) is 2.04. The fraction of sp³-hybridized carbons (Fsp3) is 0.357. The molecule has 6 nitrogen and oxygen atoms in total. The van der Waals surface area contributed by atoms with E-state index in [-0.39, 0.29) is 18.7 Å². The van der Waals surface area contributed by atoms with Crippen LogP contribution in [0.1, 0.15) is 13.3 Å². The molecule has 0 N–H and O–H groups in total. The number of alkyl halides is 3. The molecule has 24 heavy (non-hydrogen) atoms. The Hall–Kier alpha value is -2.23. The van der Waals surface area contributed by atoms with Gasteiger partial charge in [-0.05, 0) is 25.1 Å². The molecular formula is C14H14F3NO5S. The second-order valence-corrected chi connectivity index (χ2v) is 6.52. The Morgan fingerprint density at radius 2 is 1.88 bits per heavy atom. The van der Waals surface area contributed by atoms with E-state index >= 15 is 0 Å². The molecule has 1 aliphatic heterocycles. The average Bonchev–Trinajstić information content (AvgIpc) is 2.46. The summed E-state index contributed by atoms with van der Waals surface area (Å²) in [5.41, 5.74) is -5.50. The number of ether oxygens (including phenoxy) is 1. The zero-order chi connectivity index (χ0) is 18.0. The number of hydrogen-bond acceptors (Lipinski definition) is 5. The van der Waals surface area contributed by atoms with Gasteiger partial charge in [-0.3, -0.25) is 0 Å². The Labute approximate surface area is 136 Å². The summed E-state index contributed by atoms with van der Waals surface area (Å²) >= 11 is 0. The molecule has 0 saturated heterocycles. The first-order valence-corrected chi connectivity index (χ1v) is 8.26. The predicted molar refractivity (Wildman–Crippen MR) is 77.4 cm³/mol. The summed E-state index contributed by atoms with van der Waals surface area (Å²) in [6.07, 6.45) is 0.269. The number of nitrogens with zero attached hydrogens (tertiary/aromatic N) is 1. The maximum Gasteiger partial charge on any atom is 0.534 e. The number of carbonyl (C=O) groups excluding carboxylic acids is 1. The first-order chi connectivity index (χ1) is 11.1. The number of halogens is 3. The summed E-state index contributed by atoms with van der Waals surface area (Å²) in [5.74, 6) is -0.0380. The van der Waals surface area contributed by atoms with Crippen LogP contribution in [0.15, 0.2) is 42.2 Å². The van der Waals surface area contributed by atoms with E-state index in [1.165, 1.54) is 11.8 Å². The van der Waals surface area contributed by atoms with E-state index in [4.69, 9.17) is 4.74 Å². The lowest BCUT2D eigenvalue weighted by atomic mass is 10.1. The second kappa shape index (κ2) is 6.71. The molecule has 0 saturated carbocycles. The highest BCUT2D eigenvalue weighted by Crippen LogP contribution is 2.29. The van der Waals surface area contributed by atoms with Gasteiger partial charge >= 0.3 is 21.7 Å². The monoisotopic (exact) mass is 365 g/mol. The van der Waals surface area contributed by atoms with Gasteiger partial charge in [-0.15, -0.1) is 0 Å². The zero-order valence-electron chi connectivity index (χ0n) is 12.5. The highest BCUT2D eigenvalue weighted by molar-refractivity contribution is 7.87. The van der Waals surface area contributed by atoms with Crippen molar-refractivity contribution >= 4 is 16.2 Å². The van der Waals surface area contributed by atoms with Crippen LogP contribution in [0.5, 0.6) is 5.75 Å². The third kappa shape index (κ3) is 4.19. The van der Waals surface area contributed by atoms with Gasteiger partial charge in [-0.25, -0.2) is 4.79 Å². The number of hydrogen-bond donors (Lipinski definition) is 0. The summed E-state index contributed by atoms with van der Waals surface area (Å²) in [6.45, 7) is 1.47. The molecule has 0 fully saturated rings. The molecule has 1 amide bonds. The van der Waals surface area contributed by atoms with Gasteiger partial charge in [-0.1, -0.05) is 18.2 Å². The summed E-state index contributed by atoms with van der Waals surface area (Å²) in [5, 5.41) is 0. The lowest BCUT2D eigenvalue weighted by molar-refractivity contribution is -0.0525. The zero-order valence-corrected chi connectivity index (χ0v) is 13.3. The van der Waals surface area contributed by atoms with Crippen LogP contribution in [-0.2, 0) is 14.3 Å². The Balaban J connectivity index is 2.04. The van der Waals surface area contributed by atoms with Crippen LogP contribution in [0.4, 0.5) is 18.0 Å². The first kappa shape index (κ1) is 18.1. The minimum Gasteiger partial charge on any atom is -0.410 e. The van der Waals surface area contributed by atoms with Crippen LogP contribution >= 0.6 is 0 Å². The van der Waals surface area contributed by atoms with Gasteiger partial charge in [-0.2, -0.15) is 21.6 Å². The van der Waals surface area contributed by atoms with Crippen LogP contribution < -0.4 is 4.74 Å². The molecule has 1 aliphatic rings. The SMILES string of the molecule is CC1C=C(OS(=O)(=O)C(F)(F)F)CCN1C(=O)Oc1ccccc1. The van der Waals surface area contributed by atoms with Crippen molar-refractivity contribution in [3.05, 3.63) is 42.2 Å². The van der Waals surface area contributed by atoms with E-state index in [0.717, 1.165) is 6.08 Å². The van der Waals surface area contributed by atoms with Gasteiger partial charge in [0.1, 0.15) is 11.5 Å². The normalized spacial score (nSPS) is 18.8. The maximum atomic E-state index is 12.3. The van der Waals surface area contributed by atoms with E-state index in [1.54, 1.807) is 30.3 Å². The van der Waals surface area contributed by atoms with Gasteiger partial charge in [0.05, 0.1) is 6.04 Å². The molecule has 2 rings (SSSR count). The molecular weight excluding hydrogens is 351 g/mol. The number of para-hydroxylation sites is 1. The van der Waals surface area contributed by atoms with E-state index in [9.17, 15) is 26.4 Å². The van der Waals surface area contributed by atoms with Crippen molar-refractivity contribution in [3.8, 4) is 5.75 Å². The first-order valence-electron chi connectivity index (χ1n) is 6.85. The highest BCUT2D eigenvalue weighted by Gasteiger charge is 2.49. The van der Waals surface area contributed by atoms with E-state index in [2.05, 4.69) is 4.18 Å². The molecule has 132 valence electrons. The number of amides is 1. The van der Waals surface area contributed by atoms with Crippen LogP contribution in [0.2, 0.25) is 0 Å². The molecule has 0 aromatic heterocycles. The Morgan fingerprint density at radius 1 is 1.25 bits per heavy atom. The predicted octanol–water partition coefficient (Wildman–Crippen LogP) is 3.03. The van der Waals surface area contributed by atoms with E-state index in [1.807, 2.05) is 0 Å². The van der Waals surface area contributed by atoms with Crippen LogP contribution in [0, 0.1) is 0 Å². The van der Waals surface area contributed by atoms with Gasteiger partial charge in [0.15, 0.2) is 0 Å². The molecule has 1 heterocycles. The number of rotatable bonds is 3. The number of carbonyl (C=O) groups is 1. The van der Waals surface area contributed by atoms with E-state index in [0.29, 0.717) is 5.75 Å². The Bertz CT molecular complexity index is 731. The summed E-state index contributed by atoms with van der Waals surface area (Å²) in [4.78, 5) is 13.3. The van der Waals surface area contributed by atoms with Crippen LogP contribution in [0.25, 0.3) is 0 Å². The Kier molecular flexibility index (Phi) is 5.07. The van der Waals surface area contributed by atoms with Gasteiger partial charge < -0.3 is 13.8 Å². The molecule has 1 aromatic rings. The quantitative estimate of drug-likeness (QED) is 0.608. The third-order valence-corrected chi connectivity index (χ3v) is 4.20. The van der Waals surface area contributed by atoms with E-state index < -0.39 is 27.8 Å². The number of benzene rings is 1. The van der Waals surface area contributed by atoms with Crippen molar-refractivity contribution in [1.82, 2.24) is 4.90 Å². The molecule has 1 atom stereocenters. The second-order valence-electron chi connectivity index (χ2n) is 4.98. The van der Waals surface area contributed by atoms with Gasteiger partial charge in [0, 0.05) is 13.0 Å². The largest absolute Gasteiger partial charge is 0.534 e. The summed E-state index contributed by atoms with van der Waals surface area (Å²) in [6, 6.07) is 7.56. The van der Waals surface area contributed by atoms with Crippen molar-refractivity contribution in [2.45, 2.75) is 24.9 Å². The van der Waals surface area contributed by atoms with Crippen molar-refractivity contribution in [1.29, 1.82) is 0 Å². The van der Waals surface area contributed by atoms with Crippen molar-refractivity contribution in [2.24, 2.45) is 0 Å². The molecule has 1 aromatic carbocycles. The highest BCUT2D eigenvalue weighted by atomic mass is 32.2. The standard InChI is InChI=1S/C14H14F3NO5S/c1-10-9-12(23-24(20,21)14(15,16)17)7-8-18(10)13(19)22-11-5-3-2-4-6-11/h2-6,9-10H,7-8H2,1H3. The fourth-order valence-corrected chi connectivity index (χ4v) is 2.55. The van der Waals surface area contributed by atoms with Crippen LogP contribution in [-0.4, -0.2) is 37.5 Å². The lowest BCUT2D eigenvalue weighted by Crippen LogP contribution is -2.43. The van der Waals surface area contributed by atoms with Crippen molar-refractivity contribution in [2.75, 3.05) is 6.54 Å². The lowest BCUT2D eigenvalue weighted by Gasteiger charge is -2.30. The average molecular weight is 365 g/mol. The topological polar surface area (TPSA) is 72.9 Å². The molecule has 0 spiro atoms. The van der Waals surface area contributed by atoms with Crippen molar-refractivity contribution < 1.29 is 35.3 Å². The molecule has 0 radical (unpaired) electrons. The molecule has 0 bridgehead atoms. The minimum absolute atomic E-state index is 0.0357. The molecule has 0 aliphatic carbocycles. The summed E-state index contributed by atoms with van der Waals surface area (Å²) in [7, 11) is -5.71. The maximum absolute atomic E-state index is 12.3. The van der Waals surface area contributed by atoms with Gasteiger partial charge in [0.25, 0.3) is 0 Å². The molecule has 10 heteroatoms. The van der Waals surface area contributed by atoms with Crippen LogP contribution in [0.3, 0.4) is 0 Å². The minimum atomic E-state index is -5.71. The smallest absolute Gasteiger partial charge is 0.410 e. The van der Waals surface area contributed by atoms with Crippen molar-refractivity contribution in [3.63, 3.8) is 0 Å². The summed E-state index contributed by atoms with van der Waals surface area (Å²) < 4.78 is 68.1. The third-order valence-electron chi connectivity index (χ3n) is 3.20. The Morgan fingerprint density at radius 3 is 2.42 bits per heavy atom.